The minimum atomic E-state index is -5.27. The molecule has 0 amide bonds. The average molecular weight is 345 g/mol. The molecule has 2 aromatic carbocycles. The van der Waals surface area contributed by atoms with Crippen LogP contribution >= 0.6 is 0 Å². The Morgan fingerprint density at radius 2 is 1.13 bits per heavy atom. The predicted octanol–water partition coefficient (Wildman–Crippen LogP) is 6.08. The predicted molar refractivity (Wildman–Crippen MR) is 63.4 cm³/mol. The Labute approximate surface area is 123 Å². The Balaban J connectivity index is 3.08. The van der Waals surface area contributed by atoms with Crippen LogP contribution < -0.4 is 0 Å². The van der Waals surface area contributed by atoms with E-state index in [9.17, 15) is 39.5 Å². The first-order valence-electron chi connectivity index (χ1n) is 5.88. The van der Waals surface area contributed by atoms with Crippen LogP contribution in [0.1, 0.15) is 22.3 Å². The molecule has 0 bridgehead atoms. The topological polar surface area (TPSA) is 0 Å². The third kappa shape index (κ3) is 3.09. The van der Waals surface area contributed by atoms with Crippen molar-refractivity contribution >= 4 is 10.8 Å². The molecule has 0 heterocycles. The van der Waals surface area contributed by atoms with E-state index in [1.54, 1.807) is 0 Å². The quantitative estimate of drug-likeness (QED) is 0.508. The first kappa shape index (κ1) is 17.4. The normalized spacial score (nSPS) is 13.7. The molecule has 0 saturated carbocycles. The van der Waals surface area contributed by atoms with Crippen molar-refractivity contribution in [2.45, 2.75) is 18.5 Å². The van der Waals surface area contributed by atoms with E-state index in [-0.39, 0.29) is 6.07 Å². The van der Waals surface area contributed by atoms with Crippen LogP contribution in [0, 0.1) is 6.92 Å². The number of halogens is 9. The smallest absolute Gasteiger partial charge is 0.166 e. The molecule has 0 nitrogen and oxygen atoms in total. The van der Waals surface area contributed by atoms with Gasteiger partial charge in [-0.1, -0.05) is 12.1 Å². The summed E-state index contributed by atoms with van der Waals surface area (Å²) in [5.41, 5.74) is -6.39. The third-order valence-corrected chi connectivity index (χ3v) is 3.19. The molecule has 0 aliphatic heterocycles. The van der Waals surface area contributed by atoms with Crippen molar-refractivity contribution in [2.24, 2.45) is 0 Å². The van der Waals surface area contributed by atoms with Gasteiger partial charge in [0.2, 0.25) is 0 Å². The number of alkyl halides is 9. The summed E-state index contributed by atoms with van der Waals surface area (Å²) in [5.74, 6) is 0. The average Bonchev–Trinajstić information content (AvgIpc) is 2.34. The van der Waals surface area contributed by atoms with Gasteiger partial charge in [0.25, 0.3) is 0 Å². The number of benzene rings is 2. The highest BCUT2D eigenvalue weighted by Gasteiger charge is 2.42. The van der Waals surface area contributed by atoms with Crippen molar-refractivity contribution in [1.82, 2.24) is 0 Å². The van der Waals surface area contributed by atoms with Gasteiger partial charge in [-0.05, 0) is 35.4 Å². The van der Waals surface area contributed by atoms with Crippen molar-refractivity contribution in [2.75, 3.05) is 0 Å². The molecule has 0 aromatic heterocycles. The lowest BCUT2D eigenvalue weighted by atomic mass is 9.91. The van der Waals surface area contributed by atoms with Crippen molar-refractivity contribution in [3.63, 3.8) is 0 Å². The maximum Gasteiger partial charge on any atom is 0.417 e. The van der Waals surface area contributed by atoms with Crippen molar-refractivity contribution in [3.05, 3.63) is 53.4 Å². The number of hydrogen-bond donors (Lipinski definition) is 0. The fourth-order valence-corrected chi connectivity index (χ4v) is 2.27. The van der Waals surface area contributed by atoms with Gasteiger partial charge in [-0.2, -0.15) is 39.5 Å². The Bertz CT molecular complexity index is 748. The SMILES string of the molecule is [CH2]c1c(C(F)(F)F)cc(C(F)(F)F)c2cccc(C(F)(F)F)c12. The van der Waals surface area contributed by atoms with E-state index in [0.29, 0.717) is 18.2 Å². The molecule has 9 heteroatoms. The Hall–Kier alpha value is -1.93. The Kier molecular flexibility index (Phi) is 3.82. The Morgan fingerprint density at radius 3 is 1.57 bits per heavy atom. The van der Waals surface area contributed by atoms with Crippen molar-refractivity contribution in [1.29, 1.82) is 0 Å². The second-order valence-electron chi connectivity index (χ2n) is 4.67. The Morgan fingerprint density at radius 1 is 0.652 bits per heavy atom. The third-order valence-electron chi connectivity index (χ3n) is 3.19. The van der Waals surface area contributed by atoms with E-state index in [1.165, 1.54) is 0 Å². The van der Waals surface area contributed by atoms with Crippen LogP contribution in [0.15, 0.2) is 24.3 Å². The molecule has 0 saturated heterocycles. The van der Waals surface area contributed by atoms with E-state index < -0.39 is 51.6 Å². The molecule has 0 atom stereocenters. The summed E-state index contributed by atoms with van der Waals surface area (Å²) in [6.07, 6.45) is -15.7. The summed E-state index contributed by atoms with van der Waals surface area (Å²) < 4.78 is 116. The van der Waals surface area contributed by atoms with Crippen molar-refractivity contribution < 1.29 is 39.5 Å². The summed E-state index contributed by atoms with van der Waals surface area (Å²) in [6.45, 7) is 2.93. The lowest BCUT2D eigenvalue weighted by molar-refractivity contribution is -0.143. The molecule has 0 aliphatic rings. The molecule has 0 fully saturated rings. The summed E-state index contributed by atoms with van der Waals surface area (Å²) in [6, 6.07) is 1.58. The highest BCUT2D eigenvalue weighted by molar-refractivity contribution is 5.94. The van der Waals surface area contributed by atoms with Gasteiger partial charge < -0.3 is 0 Å². The van der Waals surface area contributed by atoms with E-state index in [1.807, 2.05) is 0 Å². The molecule has 0 aliphatic carbocycles. The monoisotopic (exact) mass is 345 g/mol. The van der Waals surface area contributed by atoms with Crippen LogP contribution in [0.25, 0.3) is 10.8 Å². The van der Waals surface area contributed by atoms with Gasteiger partial charge in [-0.15, -0.1) is 0 Å². The molecule has 125 valence electrons. The summed E-state index contributed by atoms with van der Waals surface area (Å²) >= 11 is 0. The number of hydrogen-bond acceptors (Lipinski definition) is 0. The van der Waals surface area contributed by atoms with E-state index in [0.717, 1.165) is 0 Å². The second kappa shape index (κ2) is 5.04. The van der Waals surface area contributed by atoms with Gasteiger partial charge in [0.1, 0.15) is 0 Å². The lowest BCUT2D eigenvalue weighted by Gasteiger charge is -2.20. The number of fused-ring (bicyclic) bond motifs is 1. The fourth-order valence-electron chi connectivity index (χ4n) is 2.27. The molecular weight excluding hydrogens is 339 g/mol. The molecule has 0 unspecified atom stereocenters. The van der Waals surface area contributed by atoms with Crippen LogP contribution in [0.4, 0.5) is 39.5 Å². The van der Waals surface area contributed by atoms with Crippen molar-refractivity contribution in [3.8, 4) is 0 Å². The highest BCUT2D eigenvalue weighted by atomic mass is 19.4. The maximum atomic E-state index is 13.0. The van der Waals surface area contributed by atoms with Gasteiger partial charge in [0.05, 0.1) is 16.7 Å². The minimum Gasteiger partial charge on any atom is -0.166 e. The number of rotatable bonds is 0. The zero-order chi connectivity index (χ0) is 17.8. The van der Waals surface area contributed by atoms with Gasteiger partial charge in [-0.3, -0.25) is 0 Å². The summed E-state index contributed by atoms with van der Waals surface area (Å²) in [7, 11) is 0. The van der Waals surface area contributed by atoms with Crippen LogP contribution in [0.3, 0.4) is 0 Å². The molecule has 2 aromatic rings. The first-order chi connectivity index (χ1) is 10.2. The van der Waals surface area contributed by atoms with Gasteiger partial charge in [0, 0.05) is 0 Å². The lowest BCUT2D eigenvalue weighted by Crippen LogP contribution is -2.15. The van der Waals surface area contributed by atoms with Crippen LogP contribution in [-0.4, -0.2) is 0 Å². The van der Waals surface area contributed by atoms with Crippen LogP contribution in [0.2, 0.25) is 0 Å². The molecule has 1 radical (unpaired) electrons. The van der Waals surface area contributed by atoms with Crippen LogP contribution in [0.5, 0.6) is 0 Å². The molecule has 0 spiro atoms. The minimum absolute atomic E-state index is 0.217. The standard InChI is InChI=1S/C14H6F9/c1-6-9(13(18,19)20)5-10(14(21,22)23)7-3-2-4-8(11(6)7)12(15,16)17/h2-5H,1H2. The first-order valence-corrected chi connectivity index (χ1v) is 5.88. The zero-order valence-corrected chi connectivity index (χ0v) is 10.9. The van der Waals surface area contributed by atoms with E-state index in [2.05, 4.69) is 6.92 Å². The fraction of sp³-hybridized carbons (Fsp3) is 0.214. The highest BCUT2D eigenvalue weighted by Crippen LogP contribution is 2.45. The van der Waals surface area contributed by atoms with Gasteiger partial charge in [0.15, 0.2) is 0 Å². The largest absolute Gasteiger partial charge is 0.417 e. The molecule has 2 rings (SSSR count). The zero-order valence-electron chi connectivity index (χ0n) is 10.9. The van der Waals surface area contributed by atoms with E-state index in [4.69, 9.17) is 0 Å². The van der Waals surface area contributed by atoms with Gasteiger partial charge in [-0.25, -0.2) is 0 Å². The molecular formula is C14H6F9. The van der Waals surface area contributed by atoms with E-state index >= 15 is 0 Å². The van der Waals surface area contributed by atoms with Crippen LogP contribution in [-0.2, 0) is 18.5 Å². The summed E-state index contributed by atoms with van der Waals surface area (Å²) in [5, 5.41) is -2.19. The maximum absolute atomic E-state index is 13.0. The second-order valence-corrected chi connectivity index (χ2v) is 4.67. The molecule has 23 heavy (non-hydrogen) atoms. The summed E-state index contributed by atoms with van der Waals surface area (Å²) in [4.78, 5) is 0. The molecule has 0 N–H and O–H groups in total. The van der Waals surface area contributed by atoms with Gasteiger partial charge >= 0.3 is 18.5 Å².